The van der Waals surface area contributed by atoms with E-state index in [9.17, 15) is 9.90 Å². The average Bonchev–Trinajstić information content (AvgIpc) is 3.10. The molecule has 9 nitrogen and oxygen atoms in total. The molecule has 4 rings (SSSR count). The normalized spacial score (nSPS) is 18.9. The molecular weight excluding hydrogens is 481 g/mol. The van der Waals surface area contributed by atoms with Crippen molar-refractivity contribution < 1.29 is 19.2 Å². The Hall–Kier alpha value is -3.08. The largest absolute Gasteiger partial charge is 0.494 e. The summed E-state index contributed by atoms with van der Waals surface area (Å²) in [7, 11) is -0.356. The van der Waals surface area contributed by atoms with E-state index in [2.05, 4.69) is 67.1 Å². The maximum absolute atomic E-state index is 12.5. The summed E-state index contributed by atoms with van der Waals surface area (Å²) in [6.07, 6.45) is 0.978. The predicted octanol–water partition coefficient (Wildman–Crippen LogP) is 3.21. The maximum atomic E-state index is 12.5. The van der Waals surface area contributed by atoms with Gasteiger partial charge in [0.1, 0.15) is 0 Å². The van der Waals surface area contributed by atoms with Gasteiger partial charge in [0.2, 0.25) is 0 Å². The lowest BCUT2D eigenvalue weighted by molar-refractivity contribution is 0.00578. The second kappa shape index (κ2) is 10.6. The van der Waals surface area contributed by atoms with Crippen LogP contribution in [0, 0.1) is 5.41 Å². The monoisotopic (exact) mass is 521 g/mol. The fraction of sp³-hybridized carbons (Fsp3) is 0.500. The molecule has 2 fully saturated rings. The van der Waals surface area contributed by atoms with Crippen molar-refractivity contribution in [3.05, 3.63) is 48.5 Å². The highest BCUT2D eigenvalue weighted by atomic mass is 16.7. The fourth-order valence-corrected chi connectivity index (χ4v) is 4.50. The van der Waals surface area contributed by atoms with Crippen LogP contribution in [-0.4, -0.2) is 74.1 Å². The van der Waals surface area contributed by atoms with Gasteiger partial charge < -0.3 is 29.5 Å². The number of urea groups is 1. The molecule has 2 heterocycles. The van der Waals surface area contributed by atoms with Crippen LogP contribution in [0.2, 0.25) is 0 Å². The summed E-state index contributed by atoms with van der Waals surface area (Å²) < 4.78 is 12.4. The molecular formula is C28H40BN5O4. The molecule has 3 N–H and O–H groups in total. The zero-order valence-corrected chi connectivity index (χ0v) is 23.3. The van der Waals surface area contributed by atoms with Gasteiger partial charge in [-0.2, -0.15) is 0 Å². The Kier molecular flexibility index (Phi) is 7.79. The first kappa shape index (κ1) is 27.9. The number of hydrogen-bond donors (Lipinski definition) is 3. The number of amides is 2. The molecule has 0 atom stereocenters. The third-order valence-electron chi connectivity index (χ3n) is 7.58. The van der Waals surface area contributed by atoms with Gasteiger partial charge in [-0.15, -0.1) is 0 Å². The highest BCUT2D eigenvalue weighted by molar-refractivity contribution is 6.62. The number of anilines is 3. The first-order valence-electron chi connectivity index (χ1n) is 13.2. The molecule has 0 spiro atoms. The number of benzene rings is 2. The first-order chi connectivity index (χ1) is 17.8. The summed E-state index contributed by atoms with van der Waals surface area (Å²) in [5, 5.41) is 20.2. The molecule has 0 radical (unpaired) electrons. The molecule has 0 bridgehead atoms. The van der Waals surface area contributed by atoms with Crippen LogP contribution in [0.15, 0.2) is 48.5 Å². The van der Waals surface area contributed by atoms with Gasteiger partial charge in [-0.1, -0.05) is 12.1 Å². The van der Waals surface area contributed by atoms with Gasteiger partial charge in [-0.05, 0) is 83.4 Å². The molecule has 0 saturated carbocycles. The summed E-state index contributed by atoms with van der Waals surface area (Å²) >= 11 is 0. The molecule has 38 heavy (non-hydrogen) atoms. The summed E-state index contributed by atoms with van der Waals surface area (Å²) in [6.45, 7) is 15.1. The van der Waals surface area contributed by atoms with Gasteiger partial charge in [-0.3, -0.25) is 10.3 Å². The quantitative estimate of drug-likeness (QED) is 0.294. The van der Waals surface area contributed by atoms with E-state index in [0.717, 1.165) is 43.7 Å². The summed E-state index contributed by atoms with van der Waals surface area (Å²) in [6, 6.07) is 15.6. The Labute approximate surface area is 226 Å². The molecule has 0 aromatic heterocycles. The van der Waals surface area contributed by atoms with E-state index in [-0.39, 0.29) is 24.9 Å². The summed E-state index contributed by atoms with van der Waals surface area (Å²) in [4.78, 5) is 18.4. The number of carbonyl (C=O) groups is 1. The zero-order valence-electron chi connectivity index (χ0n) is 23.3. The van der Waals surface area contributed by atoms with Gasteiger partial charge in [-0.25, -0.2) is 4.79 Å². The number of aliphatic hydroxyl groups is 1. The molecule has 2 aromatic rings. The molecule has 2 aliphatic heterocycles. The third-order valence-corrected chi connectivity index (χ3v) is 7.58. The number of carbonyl (C=O) groups excluding carboxylic acids is 1. The fourth-order valence-electron chi connectivity index (χ4n) is 4.50. The lowest BCUT2D eigenvalue weighted by Crippen LogP contribution is -2.46. The van der Waals surface area contributed by atoms with Crippen molar-refractivity contribution >= 4 is 42.0 Å². The van der Waals surface area contributed by atoms with Gasteiger partial charge in [0.25, 0.3) is 0 Å². The maximum Gasteiger partial charge on any atom is 0.494 e. The minimum absolute atomic E-state index is 0.0970. The first-order valence-corrected chi connectivity index (χ1v) is 13.2. The topological polar surface area (TPSA) is 101 Å². The van der Waals surface area contributed by atoms with Crippen LogP contribution in [0.5, 0.6) is 0 Å². The van der Waals surface area contributed by atoms with Gasteiger partial charge in [0, 0.05) is 44.1 Å². The lowest BCUT2D eigenvalue weighted by atomic mass is 9.79. The Morgan fingerprint density at radius 1 is 0.974 bits per heavy atom. The molecule has 0 aliphatic carbocycles. The predicted molar refractivity (Wildman–Crippen MR) is 154 cm³/mol. The second-order valence-corrected chi connectivity index (χ2v) is 11.6. The lowest BCUT2D eigenvalue weighted by Gasteiger charge is -2.37. The number of rotatable bonds is 7. The van der Waals surface area contributed by atoms with E-state index in [4.69, 9.17) is 14.7 Å². The summed E-state index contributed by atoms with van der Waals surface area (Å²) in [5.74, 6) is 0. The second-order valence-electron chi connectivity index (χ2n) is 11.6. The highest BCUT2D eigenvalue weighted by Gasteiger charge is 2.51. The van der Waals surface area contributed by atoms with Crippen LogP contribution in [0.4, 0.5) is 21.9 Å². The molecule has 2 aromatic carbocycles. The van der Waals surface area contributed by atoms with Crippen molar-refractivity contribution in [3.63, 3.8) is 0 Å². The third kappa shape index (κ3) is 6.14. The van der Waals surface area contributed by atoms with Gasteiger partial charge in [0.05, 0.1) is 28.8 Å². The SMILES string of the molecule is CC(C)(O)CNC(=O)N(C=N)c1ccc(N2CCN(c3ccc(B4OC(C)(C)C(C)(C)O4)cc3)CC2)cc1. The van der Waals surface area contributed by atoms with Crippen LogP contribution in [0.3, 0.4) is 0 Å². The van der Waals surface area contributed by atoms with Crippen LogP contribution >= 0.6 is 0 Å². The zero-order chi connectivity index (χ0) is 27.7. The molecule has 204 valence electrons. The van der Waals surface area contributed by atoms with E-state index >= 15 is 0 Å². The summed E-state index contributed by atoms with van der Waals surface area (Å²) in [5.41, 5.74) is 2.14. The van der Waals surface area contributed by atoms with Gasteiger partial charge >= 0.3 is 13.1 Å². The highest BCUT2D eigenvalue weighted by Crippen LogP contribution is 2.36. The van der Waals surface area contributed by atoms with Crippen molar-refractivity contribution in [1.82, 2.24) is 5.32 Å². The standard InChI is InChI=1S/C28H40BN5O4/c1-26(2,36)19-31-25(35)34(20-30)24-13-11-23(12-14-24)33-17-15-32(16-18-33)22-9-7-21(8-10-22)29-37-27(3,4)28(5,6)38-29/h7-14,20,30,36H,15-19H2,1-6H3,(H,31,35). The number of nitrogens with one attached hydrogen (secondary N) is 2. The minimum Gasteiger partial charge on any atom is -0.399 e. The Balaban J connectivity index is 1.32. The van der Waals surface area contributed by atoms with Gasteiger partial charge in [0.15, 0.2) is 0 Å². The van der Waals surface area contributed by atoms with Crippen molar-refractivity contribution in [2.45, 2.75) is 58.3 Å². The number of hydrogen-bond acceptors (Lipinski definition) is 7. The van der Waals surface area contributed by atoms with E-state index < -0.39 is 11.6 Å². The molecule has 2 saturated heterocycles. The number of piperazine rings is 1. The molecule has 0 unspecified atom stereocenters. The van der Waals surface area contributed by atoms with Crippen molar-refractivity contribution in [2.24, 2.45) is 0 Å². The van der Waals surface area contributed by atoms with Crippen LogP contribution in [0.1, 0.15) is 41.5 Å². The van der Waals surface area contributed by atoms with Crippen LogP contribution in [-0.2, 0) is 9.31 Å². The van der Waals surface area contributed by atoms with E-state index in [0.29, 0.717) is 5.69 Å². The Bertz CT molecular complexity index is 1110. The molecule has 2 amide bonds. The van der Waals surface area contributed by atoms with E-state index in [1.807, 2.05) is 24.3 Å². The molecule has 2 aliphatic rings. The van der Waals surface area contributed by atoms with Crippen LogP contribution < -0.4 is 25.5 Å². The van der Waals surface area contributed by atoms with Crippen molar-refractivity contribution in [1.29, 1.82) is 5.41 Å². The average molecular weight is 521 g/mol. The minimum atomic E-state index is -1.02. The van der Waals surface area contributed by atoms with E-state index in [1.54, 1.807) is 13.8 Å². The Morgan fingerprint density at radius 3 is 1.84 bits per heavy atom. The van der Waals surface area contributed by atoms with Crippen molar-refractivity contribution in [2.75, 3.05) is 47.4 Å². The van der Waals surface area contributed by atoms with Crippen LogP contribution in [0.25, 0.3) is 0 Å². The Morgan fingerprint density at radius 2 is 1.42 bits per heavy atom. The van der Waals surface area contributed by atoms with E-state index in [1.165, 1.54) is 10.6 Å². The number of nitrogens with zero attached hydrogens (tertiary/aromatic N) is 3. The smallest absolute Gasteiger partial charge is 0.399 e. The molecule has 10 heteroatoms. The van der Waals surface area contributed by atoms with Crippen molar-refractivity contribution in [3.8, 4) is 0 Å².